The molecule has 0 saturated heterocycles. The Kier molecular flexibility index (Phi) is 4.98. The van der Waals surface area contributed by atoms with E-state index in [9.17, 15) is 9.59 Å². The molecule has 0 aliphatic carbocycles. The summed E-state index contributed by atoms with van der Waals surface area (Å²) in [6.07, 6.45) is 2.81. The van der Waals surface area contributed by atoms with Crippen LogP contribution in [-0.4, -0.2) is 30.2 Å². The minimum atomic E-state index is -0.342. The summed E-state index contributed by atoms with van der Waals surface area (Å²) in [7, 11) is 1.71. The fraction of sp³-hybridized carbons (Fsp3) is 0.286. The molecule has 1 amide bonds. The van der Waals surface area contributed by atoms with E-state index in [1.165, 1.54) is 38.7 Å². The van der Waals surface area contributed by atoms with Crippen LogP contribution in [0.3, 0.4) is 0 Å². The molecule has 4 aromatic rings. The Bertz CT molecular complexity index is 1280. The van der Waals surface area contributed by atoms with E-state index in [4.69, 9.17) is 0 Å². The number of aryl methyl sites for hydroxylation is 1. The highest BCUT2D eigenvalue weighted by atomic mass is 32.1. The summed E-state index contributed by atoms with van der Waals surface area (Å²) in [6, 6.07) is 8.27. The zero-order valence-electron chi connectivity index (χ0n) is 17.2. The number of carbonyl (C=O) groups excluding carboxylic acids is 1. The number of anilines is 1. The van der Waals surface area contributed by atoms with Crippen LogP contribution in [0.4, 0.5) is 5.13 Å². The van der Waals surface area contributed by atoms with Gasteiger partial charge in [0.1, 0.15) is 18.3 Å². The molecular formula is C21H22N6O2S. The van der Waals surface area contributed by atoms with Crippen molar-refractivity contribution in [3.8, 4) is 11.3 Å². The van der Waals surface area contributed by atoms with Gasteiger partial charge in [-0.2, -0.15) is 5.10 Å². The third kappa shape index (κ3) is 3.88. The van der Waals surface area contributed by atoms with E-state index in [2.05, 4.69) is 53.3 Å². The van der Waals surface area contributed by atoms with Gasteiger partial charge in [0, 0.05) is 18.0 Å². The van der Waals surface area contributed by atoms with Crippen molar-refractivity contribution in [2.45, 2.75) is 32.7 Å². The SMILES string of the molecule is Cn1ncc2c(=O)n(CC(=O)Nc3nc(-c4ccc(C(C)(C)C)cc4)cs3)cnc21. The van der Waals surface area contributed by atoms with Gasteiger partial charge in [0.15, 0.2) is 10.8 Å². The molecule has 0 fully saturated rings. The summed E-state index contributed by atoms with van der Waals surface area (Å²) in [4.78, 5) is 33.6. The lowest BCUT2D eigenvalue weighted by Gasteiger charge is -2.18. The van der Waals surface area contributed by atoms with Crippen LogP contribution < -0.4 is 10.9 Å². The van der Waals surface area contributed by atoms with Gasteiger partial charge in [0.25, 0.3) is 5.56 Å². The van der Waals surface area contributed by atoms with Crippen molar-refractivity contribution >= 4 is 33.4 Å². The minimum Gasteiger partial charge on any atom is -0.300 e. The van der Waals surface area contributed by atoms with Gasteiger partial charge in [-0.1, -0.05) is 45.0 Å². The van der Waals surface area contributed by atoms with E-state index in [-0.39, 0.29) is 23.4 Å². The van der Waals surface area contributed by atoms with E-state index in [0.717, 1.165) is 11.3 Å². The molecule has 0 saturated carbocycles. The summed E-state index contributed by atoms with van der Waals surface area (Å²) in [5, 5.41) is 9.55. The number of carbonyl (C=O) groups is 1. The molecule has 3 heterocycles. The number of rotatable bonds is 4. The molecule has 0 aliphatic heterocycles. The number of amides is 1. The summed E-state index contributed by atoms with van der Waals surface area (Å²) in [5.74, 6) is -0.342. The minimum absolute atomic E-state index is 0.0888. The summed E-state index contributed by atoms with van der Waals surface area (Å²) >= 11 is 1.34. The van der Waals surface area contributed by atoms with Gasteiger partial charge in [-0.05, 0) is 11.0 Å². The summed E-state index contributed by atoms with van der Waals surface area (Å²) in [6.45, 7) is 6.37. The second-order valence-corrected chi connectivity index (χ2v) is 8.95. The van der Waals surface area contributed by atoms with Gasteiger partial charge < -0.3 is 5.32 Å². The van der Waals surface area contributed by atoms with Crippen molar-refractivity contribution in [2.75, 3.05) is 5.32 Å². The molecule has 30 heavy (non-hydrogen) atoms. The first-order valence-corrected chi connectivity index (χ1v) is 10.3. The fourth-order valence-electron chi connectivity index (χ4n) is 3.10. The molecule has 1 N–H and O–H groups in total. The van der Waals surface area contributed by atoms with Crippen LogP contribution in [0.25, 0.3) is 22.3 Å². The zero-order chi connectivity index (χ0) is 21.5. The monoisotopic (exact) mass is 422 g/mol. The molecule has 3 aromatic heterocycles. The molecule has 0 spiro atoms. The first-order chi connectivity index (χ1) is 14.2. The topological polar surface area (TPSA) is 94.7 Å². The summed E-state index contributed by atoms with van der Waals surface area (Å²) < 4.78 is 2.78. The maximum atomic E-state index is 12.5. The van der Waals surface area contributed by atoms with Gasteiger partial charge in [0.2, 0.25) is 5.91 Å². The van der Waals surface area contributed by atoms with E-state index in [1.807, 2.05) is 17.5 Å². The zero-order valence-corrected chi connectivity index (χ0v) is 18.0. The van der Waals surface area contributed by atoms with Crippen molar-refractivity contribution in [2.24, 2.45) is 7.05 Å². The Morgan fingerprint density at radius 3 is 2.63 bits per heavy atom. The number of thiazole rings is 1. The lowest BCUT2D eigenvalue weighted by molar-refractivity contribution is -0.116. The predicted octanol–water partition coefficient (Wildman–Crippen LogP) is 3.19. The van der Waals surface area contributed by atoms with Crippen molar-refractivity contribution in [1.29, 1.82) is 0 Å². The normalized spacial score (nSPS) is 11.7. The third-order valence-corrected chi connectivity index (χ3v) is 5.59. The van der Waals surface area contributed by atoms with Crippen LogP contribution in [0, 0.1) is 0 Å². The maximum Gasteiger partial charge on any atom is 0.264 e. The highest BCUT2D eigenvalue weighted by molar-refractivity contribution is 7.14. The van der Waals surface area contributed by atoms with Gasteiger partial charge in [-0.15, -0.1) is 11.3 Å². The van der Waals surface area contributed by atoms with Crippen molar-refractivity contribution < 1.29 is 4.79 Å². The Hall–Kier alpha value is -3.33. The number of hydrogen-bond donors (Lipinski definition) is 1. The standard InChI is InChI=1S/C21H22N6O2S/c1-21(2,3)14-7-5-13(6-8-14)16-11-30-20(24-16)25-17(28)10-27-12-22-18-15(19(27)29)9-23-26(18)4/h5-9,11-12H,10H2,1-4H3,(H,24,25,28). The molecule has 4 rings (SSSR count). The first kappa shape index (κ1) is 20.0. The number of hydrogen-bond acceptors (Lipinski definition) is 6. The molecule has 0 atom stereocenters. The number of nitrogens with one attached hydrogen (secondary N) is 1. The van der Waals surface area contributed by atoms with Gasteiger partial charge in [0.05, 0.1) is 11.9 Å². The van der Waals surface area contributed by atoms with Crippen molar-refractivity contribution in [3.63, 3.8) is 0 Å². The molecule has 0 unspecified atom stereocenters. The molecule has 0 aliphatic rings. The molecule has 0 bridgehead atoms. The largest absolute Gasteiger partial charge is 0.300 e. The number of fused-ring (bicyclic) bond motifs is 1. The average molecular weight is 423 g/mol. The van der Waals surface area contributed by atoms with E-state index in [1.54, 1.807) is 7.05 Å². The van der Waals surface area contributed by atoms with Crippen LogP contribution >= 0.6 is 11.3 Å². The van der Waals surface area contributed by atoms with Gasteiger partial charge >= 0.3 is 0 Å². The number of nitrogens with zero attached hydrogens (tertiary/aromatic N) is 5. The second kappa shape index (κ2) is 7.49. The average Bonchev–Trinajstić information content (AvgIpc) is 3.31. The molecule has 8 nitrogen and oxygen atoms in total. The summed E-state index contributed by atoms with van der Waals surface area (Å²) in [5.41, 5.74) is 3.31. The number of aromatic nitrogens is 5. The lowest BCUT2D eigenvalue weighted by Crippen LogP contribution is -2.27. The molecule has 1 aromatic carbocycles. The molecule has 9 heteroatoms. The highest BCUT2D eigenvalue weighted by Crippen LogP contribution is 2.28. The second-order valence-electron chi connectivity index (χ2n) is 8.10. The van der Waals surface area contributed by atoms with Crippen LogP contribution in [0.5, 0.6) is 0 Å². The van der Waals surface area contributed by atoms with Gasteiger partial charge in [-0.3, -0.25) is 18.8 Å². The maximum absolute atomic E-state index is 12.5. The van der Waals surface area contributed by atoms with Crippen LogP contribution in [0.1, 0.15) is 26.3 Å². The third-order valence-electron chi connectivity index (χ3n) is 4.83. The van der Waals surface area contributed by atoms with Crippen LogP contribution in [-0.2, 0) is 23.8 Å². The Labute approximate surface area is 177 Å². The highest BCUT2D eigenvalue weighted by Gasteiger charge is 2.15. The predicted molar refractivity (Wildman–Crippen MR) is 118 cm³/mol. The molecular weight excluding hydrogens is 400 g/mol. The van der Waals surface area contributed by atoms with E-state index in [0.29, 0.717) is 16.2 Å². The Morgan fingerprint density at radius 1 is 1.20 bits per heavy atom. The fourth-order valence-corrected chi connectivity index (χ4v) is 3.83. The van der Waals surface area contributed by atoms with E-state index >= 15 is 0 Å². The van der Waals surface area contributed by atoms with Crippen LogP contribution in [0.15, 0.2) is 47.0 Å². The van der Waals surface area contributed by atoms with Gasteiger partial charge in [-0.25, -0.2) is 9.97 Å². The smallest absolute Gasteiger partial charge is 0.264 e. The Balaban J connectivity index is 1.47. The molecule has 154 valence electrons. The first-order valence-electron chi connectivity index (χ1n) is 9.46. The van der Waals surface area contributed by atoms with Crippen molar-refractivity contribution in [1.82, 2.24) is 24.3 Å². The van der Waals surface area contributed by atoms with Crippen LogP contribution in [0.2, 0.25) is 0 Å². The molecule has 0 radical (unpaired) electrons. The quantitative estimate of drug-likeness (QED) is 0.545. The van der Waals surface area contributed by atoms with Crippen molar-refractivity contribution in [3.05, 3.63) is 58.1 Å². The Morgan fingerprint density at radius 2 is 1.93 bits per heavy atom. The lowest BCUT2D eigenvalue weighted by atomic mass is 9.86. The van der Waals surface area contributed by atoms with E-state index < -0.39 is 0 Å². The number of benzene rings is 1.